The Hall–Kier alpha value is -1.73. The van der Waals surface area contributed by atoms with Crippen LogP contribution < -0.4 is 0 Å². The molecule has 0 radical (unpaired) electrons. The zero-order valence-electron chi connectivity index (χ0n) is 13.3. The van der Waals surface area contributed by atoms with E-state index in [9.17, 15) is 8.42 Å². The first kappa shape index (κ1) is 16.1. The Morgan fingerprint density at radius 1 is 1.39 bits per heavy atom. The predicted molar refractivity (Wildman–Crippen MR) is 87.6 cm³/mol. The second kappa shape index (κ2) is 6.80. The Labute approximate surface area is 136 Å². The van der Waals surface area contributed by atoms with E-state index in [0.717, 1.165) is 44.6 Å². The maximum atomic E-state index is 11.8. The van der Waals surface area contributed by atoms with Crippen LogP contribution in [0.25, 0.3) is 0 Å². The minimum atomic E-state index is -3.22. The number of rotatable bonds is 5. The molecule has 1 aliphatic rings. The van der Waals surface area contributed by atoms with E-state index in [1.54, 1.807) is 6.20 Å². The van der Waals surface area contributed by atoms with Gasteiger partial charge < -0.3 is 0 Å². The Morgan fingerprint density at radius 3 is 3.00 bits per heavy atom. The lowest BCUT2D eigenvalue weighted by molar-refractivity contribution is 0.166. The van der Waals surface area contributed by atoms with Crippen LogP contribution >= 0.6 is 0 Å². The first-order chi connectivity index (χ1) is 11.0. The van der Waals surface area contributed by atoms with E-state index in [1.165, 1.54) is 18.0 Å². The SMILES string of the molecule is CS(=O)(=O)c1cn[nH]c1CC1CCCN(Cc2cccnc2)C1. The van der Waals surface area contributed by atoms with Crippen molar-refractivity contribution in [3.05, 3.63) is 42.0 Å². The van der Waals surface area contributed by atoms with E-state index >= 15 is 0 Å². The normalized spacial score (nSPS) is 19.8. The third-order valence-corrected chi connectivity index (χ3v) is 5.45. The van der Waals surface area contributed by atoms with Crippen molar-refractivity contribution >= 4 is 9.84 Å². The van der Waals surface area contributed by atoms with Gasteiger partial charge in [-0.1, -0.05) is 6.07 Å². The van der Waals surface area contributed by atoms with E-state index < -0.39 is 9.84 Å². The van der Waals surface area contributed by atoms with Gasteiger partial charge >= 0.3 is 0 Å². The van der Waals surface area contributed by atoms with E-state index in [4.69, 9.17) is 0 Å². The standard InChI is InChI=1S/C16H22N4O2S/c1-23(21,22)16-10-18-19-15(16)8-13-5-3-7-20(11-13)12-14-4-2-6-17-9-14/h2,4,6,9-10,13H,3,5,7-8,11-12H2,1H3,(H,18,19). The first-order valence-electron chi connectivity index (χ1n) is 7.86. The molecule has 7 heteroatoms. The van der Waals surface area contributed by atoms with Gasteiger partial charge in [0.25, 0.3) is 0 Å². The van der Waals surface area contributed by atoms with Gasteiger partial charge in [-0.2, -0.15) is 5.10 Å². The molecule has 1 saturated heterocycles. The summed E-state index contributed by atoms with van der Waals surface area (Å²) in [4.78, 5) is 6.92. The average Bonchev–Trinajstić information content (AvgIpc) is 2.97. The number of pyridine rings is 1. The average molecular weight is 334 g/mol. The molecule has 0 spiro atoms. The molecule has 0 amide bonds. The van der Waals surface area contributed by atoms with Gasteiger partial charge in [0.1, 0.15) is 4.90 Å². The van der Waals surface area contributed by atoms with Crippen molar-refractivity contribution in [1.29, 1.82) is 0 Å². The number of piperidine rings is 1. The molecule has 23 heavy (non-hydrogen) atoms. The molecule has 0 bridgehead atoms. The highest BCUT2D eigenvalue weighted by Crippen LogP contribution is 2.24. The summed E-state index contributed by atoms with van der Waals surface area (Å²) in [7, 11) is -3.22. The van der Waals surface area contributed by atoms with E-state index in [2.05, 4.69) is 26.1 Å². The zero-order valence-corrected chi connectivity index (χ0v) is 14.1. The third kappa shape index (κ3) is 4.17. The fourth-order valence-corrected chi connectivity index (χ4v) is 4.09. The second-order valence-electron chi connectivity index (χ2n) is 6.29. The summed E-state index contributed by atoms with van der Waals surface area (Å²) in [5.41, 5.74) is 1.95. The third-order valence-electron chi connectivity index (χ3n) is 4.30. The number of nitrogens with zero attached hydrogens (tertiary/aromatic N) is 3. The molecule has 1 atom stereocenters. The van der Waals surface area contributed by atoms with Crippen LogP contribution in [-0.4, -0.2) is 47.8 Å². The van der Waals surface area contributed by atoms with Crippen LogP contribution in [0.1, 0.15) is 24.1 Å². The number of aromatic nitrogens is 3. The van der Waals surface area contributed by atoms with E-state index in [-0.39, 0.29) is 0 Å². The first-order valence-corrected chi connectivity index (χ1v) is 9.75. The van der Waals surface area contributed by atoms with Gasteiger partial charge in [-0.3, -0.25) is 15.0 Å². The molecule has 0 aliphatic carbocycles. The lowest BCUT2D eigenvalue weighted by Crippen LogP contribution is -2.35. The van der Waals surface area contributed by atoms with Gasteiger partial charge in [-0.05, 0) is 43.4 Å². The molecule has 1 aliphatic heterocycles. The Balaban J connectivity index is 1.64. The van der Waals surface area contributed by atoms with Crippen molar-refractivity contribution in [1.82, 2.24) is 20.1 Å². The summed E-state index contributed by atoms with van der Waals surface area (Å²) in [5.74, 6) is 0.446. The molecule has 2 aromatic rings. The van der Waals surface area contributed by atoms with Gasteiger partial charge in [0.2, 0.25) is 0 Å². The van der Waals surface area contributed by atoms with Crippen molar-refractivity contribution in [3.63, 3.8) is 0 Å². The van der Waals surface area contributed by atoms with Gasteiger partial charge in [0.05, 0.1) is 11.9 Å². The quantitative estimate of drug-likeness (QED) is 0.900. The van der Waals surface area contributed by atoms with Crippen molar-refractivity contribution in [3.8, 4) is 0 Å². The van der Waals surface area contributed by atoms with Crippen LogP contribution in [0, 0.1) is 5.92 Å². The minimum absolute atomic E-state index is 0.335. The number of H-pyrrole nitrogens is 1. The molecule has 3 rings (SSSR count). The van der Waals surface area contributed by atoms with Crippen molar-refractivity contribution in [2.24, 2.45) is 5.92 Å². The largest absolute Gasteiger partial charge is 0.299 e. The second-order valence-corrected chi connectivity index (χ2v) is 8.28. The number of likely N-dealkylation sites (tertiary alicyclic amines) is 1. The summed E-state index contributed by atoms with van der Waals surface area (Å²) < 4.78 is 23.6. The van der Waals surface area contributed by atoms with E-state index in [1.807, 2.05) is 12.3 Å². The van der Waals surface area contributed by atoms with Crippen LogP contribution in [0.3, 0.4) is 0 Å². The van der Waals surface area contributed by atoms with Crippen molar-refractivity contribution in [2.45, 2.75) is 30.7 Å². The maximum absolute atomic E-state index is 11.8. The van der Waals surface area contributed by atoms with Gasteiger partial charge in [-0.15, -0.1) is 0 Å². The number of hydrogen-bond acceptors (Lipinski definition) is 5. The summed E-state index contributed by atoms with van der Waals surface area (Å²) >= 11 is 0. The monoisotopic (exact) mass is 334 g/mol. The highest BCUT2D eigenvalue weighted by Gasteiger charge is 2.24. The fraction of sp³-hybridized carbons (Fsp3) is 0.500. The lowest BCUT2D eigenvalue weighted by atomic mass is 9.93. The molecule has 0 aromatic carbocycles. The molecule has 2 aromatic heterocycles. The lowest BCUT2D eigenvalue weighted by Gasteiger charge is -2.32. The summed E-state index contributed by atoms with van der Waals surface area (Å²) in [6.45, 7) is 2.94. The molecule has 3 heterocycles. The molecule has 0 saturated carbocycles. The molecular formula is C16H22N4O2S. The number of sulfone groups is 1. The zero-order chi connectivity index (χ0) is 16.3. The molecule has 1 fully saturated rings. The Bertz CT molecular complexity index is 742. The van der Waals surface area contributed by atoms with Gasteiger partial charge in [-0.25, -0.2) is 8.42 Å². The van der Waals surface area contributed by atoms with Gasteiger partial charge in [0, 0.05) is 31.7 Å². The van der Waals surface area contributed by atoms with Crippen LogP contribution in [0.15, 0.2) is 35.6 Å². The number of aromatic amines is 1. The topological polar surface area (TPSA) is 79.0 Å². The number of nitrogens with one attached hydrogen (secondary N) is 1. The van der Waals surface area contributed by atoms with Crippen molar-refractivity contribution < 1.29 is 8.42 Å². The highest BCUT2D eigenvalue weighted by atomic mass is 32.2. The fourth-order valence-electron chi connectivity index (χ4n) is 3.27. The minimum Gasteiger partial charge on any atom is -0.299 e. The summed E-state index contributed by atoms with van der Waals surface area (Å²) in [5, 5.41) is 6.78. The molecular weight excluding hydrogens is 312 g/mol. The maximum Gasteiger partial charge on any atom is 0.178 e. The predicted octanol–water partition coefficient (Wildman–Crippen LogP) is 1.66. The Morgan fingerprint density at radius 2 is 2.26 bits per heavy atom. The molecule has 1 N–H and O–H groups in total. The molecule has 124 valence electrons. The summed E-state index contributed by atoms with van der Waals surface area (Å²) in [6, 6.07) is 4.05. The van der Waals surface area contributed by atoms with Crippen LogP contribution in [0.2, 0.25) is 0 Å². The van der Waals surface area contributed by atoms with Crippen molar-refractivity contribution in [2.75, 3.05) is 19.3 Å². The smallest absolute Gasteiger partial charge is 0.178 e. The van der Waals surface area contributed by atoms with Crippen LogP contribution in [0.5, 0.6) is 0 Å². The Kier molecular flexibility index (Phi) is 4.77. The van der Waals surface area contributed by atoms with Gasteiger partial charge in [0.15, 0.2) is 9.84 Å². The van der Waals surface area contributed by atoms with E-state index in [0.29, 0.717) is 10.8 Å². The highest BCUT2D eigenvalue weighted by molar-refractivity contribution is 7.90. The number of hydrogen-bond donors (Lipinski definition) is 1. The van der Waals surface area contributed by atoms with Crippen LogP contribution in [-0.2, 0) is 22.8 Å². The molecule has 1 unspecified atom stereocenters. The van der Waals surface area contributed by atoms with Crippen LogP contribution in [0.4, 0.5) is 0 Å². The summed E-state index contributed by atoms with van der Waals surface area (Å²) in [6.07, 6.45) is 9.32. The molecule has 6 nitrogen and oxygen atoms in total.